The molecule has 0 aromatic rings. The van der Waals surface area contributed by atoms with Crippen LogP contribution in [0.3, 0.4) is 0 Å². The number of nitrogens with zero attached hydrogens (tertiary/aromatic N) is 3. The van der Waals surface area contributed by atoms with Gasteiger partial charge >= 0.3 is 6.09 Å². The molecule has 0 aromatic heterocycles. The van der Waals surface area contributed by atoms with E-state index in [0.29, 0.717) is 0 Å². The molecule has 2 unspecified atom stereocenters. The van der Waals surface area contributed by atoms with Gasteiger partial charge in [0.05, 0.1) is 5.71 Å². The van der Waals surface area contributed by atoms with Crippen LogP contribution < -0.4 is 0 Å². The summed E-state index contributed by atoms with van der Waals surface area (Å²) in [6.07, 6.45) is 8.11. The van der Waals surface area contributed by atoms with Gasteiger partial charge in [0.25, 0.3) is 0 Å². The van der Waals surface area contributed by atoms with Crippen molar-refractivity contribution in [3.63, 3.8) is 0 Å². The van der Waals surface area contributed by atoms with E-state index in [1.807, 2.05) is 20.8 Å². The molecule has 0 radical (unpaired) electrons. The Balaban J connectivity index is 2.00. The lowest BCUT2D eigenvalue weighted by atomic mass is 9.71. The van der Waals surface area contributed by atoms with Crippen molar-refractivity contribution >= 4 is 11.8 Å². The van der Waals surface area contributed by atoms with Crippen LogP contribution in [-0.2, 0) is 4.74 Å². The van der Waals surface area contributed by atoms with Crippen molar-refractivity contribution in [3.8, 4) is 0 Å². The quantitative estimate of drug-likeness (QED) is 0.688. The topological polar surface area (TPSA) is 45.1 Å². The highest BCUT2D eigenvalue weighted by Crippen LogP contribution is 2.44. The lowest BCUT2D eigenvalue weighted by Gasteiger charge is -2.47. The van der Waals surface area contributed by atoms with Crippen molar-refractivity contribution in [2.75, 3.05) is 6.54 Å². The molecule has 2 heterocycles. The maximum Gasteiger partial charge on any atom is 0.446 e. The first-order valence-electron chi connectivity index (χ1n) is 7.97. The molecule has 0 saturated carbocycles. The van der Waals surface area contributed by atoms with Crippen LogP contribution in [0.25, 0.3) is 0 Å². The van der Waals surface area contributed by atoms with Crippen molar-refractivity contribution in [1.29, 1.82) is 0 Å². The molecule has 5 nitrogen and oxygen atoms in total. The summed E-state index contributed by atoms with van der Waals surface area (Å²) in [5, 5.41) is 8.19. The highest BCUT2D eigenvalue weighted by atomic mass is 16.6. The molecule has 120 valence electrons. The second-order valence-corrected chi connectivity index (χ2v) is 7.53. The summed E-state index contributed by atoms with van der Waals surface area (Å²) in [7, 11) is 0. The zero-order valence-corrected chi connectivity index (χ0v) is 14.1. The van der Waals surface area contributed by atoms with Gasteiger partial charge in [-0.05, 0) is 53.0 Å². The van der Waals surface area contributed by atoms with Crippen LogP contribution in [0, 0.1) is 5.41 Å². The van der Waals surface area contributed by atoms with Crippen molar-refractivity contribution in [2.45, 2.75) is 59.1 Å². The predicted octanol–water partition coefficient (Wildman–Crippen LogP) is 3.49. The minimum Gasteiger partial charge on any atom is -0.441 e. The van der Waals surface area contributed by atoms with Crippen LogP contribution >= 0.6 is 0 Å². The van der Waals surface area contributed by atoms with Crippen LogP contribution in [0.2, 0.25) is 0 Å². The lowest BCUT2D eigenvalue weighted by molar-refractivity contribution is -0.0762. The molecular formula is C17H25N3O2. The maximum atomic E-state index is 12.6. The van der Waals surface area contributed by atoms with Crippen molar-refractivity contribution in [2.24, 2.45) is 10.5 Å². The number of carbonyl (C=O) groups is 1. The Morgan fingerprint density at radius 3 is 2.86 bits per heavy atom. The Hall–Kier alpha value is -1.62. The first-order valence-corrected chi connectivity index (χ1v) is 7.97. The Labute approximate surface area is 132 Å². The van der Waals surface area contributed by atoms with Gasteiger partial charge in [-0.3, -0.25) is 0 Å². The van der Waals surface area contributed by atoms with E-state index < -0.39 is 11.7 Å². The van der Waals surface area contributed by atoms with E-state index in [4.69, 9.17) is 4.74 Å². The number of rotatable bonds is 0. The number of ether oxygens (including phenoxy) is 1. The molecule has 3 rings (SSSR count). The summed E-state index contributed by atoms with van der Waals surface area (Å²) >= 11 is 0. The molecule has 22 heavy (non-hydrogen) atoms. The largest absolute Gasteiger partial charge is 0.446 e. The number of carbonyl (C=O) groups excluding carboxylic acids is 1. The highest BCUT2D eigenvalue weighted by molar-refractivity contribution is 6.07. The van der Waals surface area contributed by atoms with Crippen molar-refractivity contribution < 1.29 is 9.53 Å². The van der Waals surface area contributed by atoms with Crippen LogP contribution in [0.15, 0.2) is 28.9 Å². The predicted molar refractivity (Wildman–Crippen MR) is 86.2 cm³/mol. The Morgan fingerprint density at radius 1 is 1.45 bits per heavy atom. The number of hydrazone groups is 1. The van der Waals surface area contributed by atoms with Gasteiger partial charge in [0, 0.05) is 18.0 Å². The maximum absolute atomic E-state index is 12.6. The van der Waals surface area contributed by atoms with Gasteiger partial charge in [-0.25, -0.2) is 4.79 Å². The zero-order chi connectivity index (χ0) is 16.1. The lowest BCUT2D eigenvalue weighted by Crippen LogP contribution is -2.59. The molecule has 1 fully saturated rings. The molecule has 2 aliphatic heterocycles. The first kappa shape index (κ1) is 15.3. The molecule has 5 heteroatoms. The second-order valence-electron chi connectivity index (χ2n) is 7.53. The van der Waals surface area contributed by atoms with Crippen LogP contribution in [0.1, 0.15) is 47.5 Å². The average molecular weight is 303 g/mol. The third-order valence-corrected chi connectivity index (χ3v) is 4.58. The van der Waals surface area contributed by atoms with Gasteiger partial charge in [-0.1, -0.05) is 18.2 Å². The van der Waals surface area contributed by atoms with E-state index >= 15 is 0 Å². The molecule has 0 N–H and O–H groups in total. The molecule has 0 bridgehead atoms. The normalized spacial score (nSPS) is 31.3. The van der Waals surface area contributed by atoms with E-state index in [0.717, 1.165) is 30.7 Å². The molecule has 1 saturated heterocycles. The fourth-order valence-electron chi connectivity index (χ4n) is 3.62. The van der Waals surface area contributed by atoms with Crippen molar-refractivity contribution in [3.05, 3.63) is 23.8 Å². The minimum absolute atomic E-state index is 0.131. The standard InChI is InChI=1S/C17H25N3O2/c1-12-8-6-10-17(5)13-9-7-11-19(13)20(18-14(12)17)15(21)22-16(2,3)4/h6,8,10,13H,7,9,11H2,1-5H3. The van der Waals surface area contributed by atoms with Gasteiger partial charge in [0.1, 0.15) is 5.60 Å². The second kappa shape index (κ2) is 4.95. The Kier molecular flexibility index (Phi) is 3.44. The fraction of sp³-hybridized carbons (Fsp3) is 0.647. The molecular weight excluding hydrogens is 278 g/mol. The van der Waals surface area contributed by atoms with Gasteiger partial charge in [-0.2, -0.15) is 10.1 Å². The summed E-state index contributed by atoms with van der Waals surface area (Å²) in [6.45, 7) is 10.7. The molecule has 0 aromatic carbocycles. The van der Waals surface area contributed by atoms with Crippen LogP contribution in [0.5, 0.6) is 0 Å². The van der Waals surface area contributed by atoms with Gasteiger partial charge in [0.15, 0.2) is 0 Å². The monoisotopic (exact) mass is 303 g/mol. The third-order valence-electron chi connectivity index (χ3n) is 4.58. The third kappa shape index (κ3) is 2.37. The molecule has 1 aliphatic carbocycles. The number of hydrogen-bond donors (Lipinski definition) is 0. The number of hydrogen-bond acceptors (Lipinski definition) is 4. The van der Waals surface area contributed by atoms with E-state index in [1.54, 1.807) is 0 Å². The van der Waals surface area contributed by atoms with E-state index in [1.165, 1.54) is 5.12 Å². The first-order chi connectivity index (χ1) is 10.2. The number of hydrazine groups is 1. The smallest absolute Gasteiger partial charge is 0.441 e. The number of fused-ring (bicyclic) bond motifs is 3. The van der Waals surface area contributed by atoms with Crippen LogP contribution in [0.4, 0.5) is 4.79 Å². The Bertz CT molecular complexity index is 585. The minimum atomic E-state index is -0.523. The van der Waals surface area contributed by atoms with Crippen LogP contribution in [-0.4, -0.2) is 40.1 Å². The summed E-state index contributed by atoms with van der Waals surface area (Å²) in [4.78, 5) is 12.6. The van der Waals surface area contributed by atoms with Gasteiger partial charge in [-0.15, -0.1) is 5.12 Å². The summed E-state index contributed by atoms with van der Waals surface area (Å²) in [6, 6.07) is 0.257. The molecule has 1 amide bonds. The highest BCUT2D eigenvalue weighted by Gasteiger charge is 2.51. The van der Waals surface area contributed by atoms with Gasteiger partial charge in [0.2, 0.25) is 0 Å². The zero-order valence-electron chi connectivity index (χ0n) is 14.1. The van der Waals surface area contributed by atoms with Gasteiger partial charge < -0.3 is 4.74 Å². The van der Waals surface area contributed by atoms with E-state index in [9.17, 15) is 4.79 Å². The molecule has 3 aliphatic rings. The Morgan fingerprint density at radius 2 is 2.18 bits per heavy atom. The van der Waals surface area contributed by atoms with E-state index in [-0.39, 0.29) is 11.5 Å². The number of amides is 1. The molecule has 0 spiro atoms. The number of allylic oxidation sites excluding steroid dienone is 3. The fourth-order valence-corrected chi connectivity index (χ4v) is 3.62. The van der Waals surface area contributed by atoms with E-state index in [2.05, 4.69) is 42.2 Å². The summed E-state index contributed by atoms with van der Waals surface area (Å²) in [5.41, 5.74) is 1.44. The molecule has 2 atom stereocenters. The summed E-state index contributed by atoms with van der Waals surface area (Å²) < 4.78 is 5.53. The van der Waals surface area contributed by atoms with Crippen molar-refractivity contribution in [1.82, 2.24) is 10.1 Å². The SMILES string of the molecule is CC1=CC=CC2(C)C1=NN(C(=O)OC(C)(C)C)N1CCCC12. The summed E-state index contributed by atoms with van der Waals surface area (Å²) in [5.74, 6) is 0. The average Bonchev–Trinajstić information content (AvgIpc) is 2.86.